The van der Waals surface area contributed by atoms with Gasteiger partial charge in [-0.3, -0.25) is 4.79 Å². The number of aromatic nitrogens is 3. The highest BCUT2D eigenvalue weighted by Crippen LogP contribution is 2.31. The maximum Gasteiger partial charge on any atom is 0.219 e. The third-order valence-corrected chi connectivity index (χ3v) is 6.68. The van der Waals surface area contributed by atoms with Crippen LogP contribution < -0.4 is 16.8 Å². The predicted octanol–water partition coefficient (Wildman–Crippen LogP) is 3.46. The molecule has 1 fully saturated rings. The van der Waals surface area contributed by atoms with Crippen molar-refractivity contribution in [1.82, 2.24) is 24.8 Å². The summed E-state index contributed by atoms with van der Waals surface area (Å²) in [5, 5.41) is 7.87. The number of anilines is 2. The number of hydrogen-bond donors (Lipinski definition) is 3. The van der Waals surface area contributed by atoms with Crippen molar-refractivity contribution in [2.45, 2.75) is 39.3 Å². The second-order valence-electron chi connectivity index (χ2n) is 8.25. The molecule has 4 rings (SSSR count). The fourth-order valence-corrected chi connectivity index (χ4v) is 4.30. The van der Waals surface area contributed by atoms with Gasteiger partial charge in [-0.2, -0.15) is 9.61 Å². The van der Waals surface area contributed by atoms with E-state index in [1.165, 1.54) is 12.1 Å². The predicted molar refractivity (Wildman–Crippen MR) is 132 cm³/mol. The van der Waals surface area contributed by atoms with Crippen molar-refractivity contribution in [3.63, 3.8) is 0 Å². The topological polar surface area (TPSA) is 115 Å². The number of halogens is 2. The first-order valence-electron chi connectivity index (χ1n) is 10.8. The van der Waals surface area contributed by atoms with Gasteiger partial charge in [-0.05, 0) is 52.2 Å². The van der Waals surface area contributed by atoms with Crippen LogP contribution in [0.1, 0.15) is 43.5 Å². The van der Waals surface area contributed by atoms with E-state index in [9.17, 15) is 9.18 Å². The number of nitrogens with one attached hydrogen (secondary N) is 1. The standard InChI is InChI=1S/C23H27BrFN7O/c1-3-4-14(7-15-8-16(25)5-6-19(15)26)18-9-29-32-22(27)21(24)20(30-23(18)32)10-28-17-11-31(12-17)13(2)33/h5-9,17,28H,3-4,10-12,26-27H2,1-2H3/b14-7+. The number of nitrogen functional groups attached to an aromatic ring is 2. The highest BCUT2D eigenvalue weighted by atomic mass is 79.9. The maximum absolute atomic E-state index is 13.8. The molecule has 0 bridgehead atoms. The fraction of sp³-hybridized carbons (Fsp3) is 0.348. The van der Waals surface area contributed by atoms with Gasteiger partial charge in [-0.25, -0.2) is 9.37 Å². The molecule has 3 heterocycles. The number of rotatable bonds is 7. The summed E-state index contributed by atoms with van der Waals surface area (Å²) in [5.41, 5.74) is 16.7. The van der Waals surface area contributed by atoms with E-state index in [0.717, 1.165) is 29.7 Å². The minimum atomic E-state index is -0.342. The number of nitrogens with two attached hydrogens (primary N) is 2. The molecule has 1 aliphatic rings. The van der Waals surface area contributed by atoms with E-state index in [0.29, 0.717) is 46.8 Å². The van der Waals surface area contributed by atoms with Crippen LogP contribution in [0.2, 0.25) is 0 Å². The highest BCUT2D eigenvalue weighted by Gasteiger charge is 2.28. The number of nitrogens with zero attached hydrogens (tertiary/aromatic N) is 4. The molecule has 1 saturated heterocycles. The Morgan fingerprint density at radius 2 is 2.12 bits per heavy atom. The Morgan fingerprint density at radius 1 is 1.36 bits per heavy atom. The van der Waals surface area contributed by atoms with Gasteiger partial charge in [-0.15, -0.1) is 0 Å². The molecule has 0 atom stereocenters. The molecule has 5 N–H and O–H groups in total. The maximum atomic E-state index is 13.8. The summed E-state index contributed by atoms with van der Waals surface area (Å²) >= 11 is 3.55. The van der Waals surface area contributed by atoms with Crippen molar-refractivity contribution in [3.05, 3.63) is 51.5 Å². The smallest absolute Gasteiger partial charge is 0.219 e. The minimum absolute atomic E-state index is 0.0797. The van der Waals surface area contributed by atoms with Crippen LogP contribution in [-0.4, -0.2) is 44.5 Å². The average Bonchev–Trinajstić information content (AvgIpc) is 3.16. The second-order valence-corrected chi connectivity index (χ2v) is 9.04. The zero-order chi connectivity index (χ0) is 23.7. The molecule has 1 amide bonds. The third-order valence-electron chi connectivity index (χ3n) is 5.82. The number of benzene rings is 1. The first-order valence-corrected chi connectivity index (χ1v) is 11.6. The van der Waals surface area contributed by atoms with Gasteiger partial charge in [0.2, 0.25) is 5.91 Å². The number of fused-ring (bicyclic) bond motifs is 1. The lowest BCUT2D eigenvalue weighted by Gasteiger charge is -2.39. The third kappa shape index (κ3) is 4.72. The first-order chi connectivity index (χ1) is 15.8. The van der Waals surface area contributed by atoms with E-state index in [2.05, 4.69) is 33.3 Å². The highest BCUT2D eigenvalue weighted by molar-refractivity contribution is 9.10. The van der Waals surface area contributed by atoms with Gasteiger partial charge >= 0.3 is 0 Å². The lowest BCUT2D eigenvalue weighted by molar-refractivity contribution is -0.133. The lowest BCUT2D eigenvalue weighted by Crippen LogP contribution is -2.59. The molecule has 33 heavy (non-hydrogen) atoms. The van der Waals surface area contributed by atoms with Crippen molar-refractivity contribution >= 4 is 50.6 Å². The molecular weight excluding hydrogens is 489 g/mol. The molecule has 0 spiro atoms. The van der Waals surface area contributed by atoms with Gasteiger partial charge in [0.15, 0.2) is 5.65 Å². The molecular formula is C23H27BrFN7O. The van der Waals surface area contributed by atoms with Gasteiger partial charge in [-0.1, -0.05) is 13.3 Å². The summed E-state index contributed by atoms with van der Waals surface area (Å²) < 4.78 is 16.1. The largest absolute Gasteiger partial charge is 0.398 e. The normalized spacial score (nSPS) is 14.7. The molecule has 0 saturated carbocycles. The van der Waals surface area contributed by atoms with Crippen LogP contribution in [0.4, 0.5) is 15.9 Å². The van der Waals surface area contributed by atoms with Gasteiger partial charge in [0.05, 0.1) is 16.4 Å². The number of likely N-dealkylation sites (tertiary alicyclic amines) is 1. The van der Waals surface area contributed by atoms with E-state index >= 15 is 0 Å². The Bertz CT molecular complexity index is 1230. The molecule has 0 aliphatic carbocycles. The Morgan fingerprint density at radius 3 is 2.82 bits per heavy atom. The van der Waals surface area contributed by atoms with Gasteiger partial charge in [0.25, 0.3) is 0 Å². The Hall–Kier alpha value is -2.98. The molecule has 0 radical (unpaired) electrons. The molecule has 3 aromatic rings. The Balaban J connectivity index is 1.68. The van der Waals surface area contributed by atoms with Crippen molar-refractivity contribution in [1.29, 1.82) is 0 Å². The summed E-state index contributed by atoms with van der Waals surface area (Å²) in [6.07, 6.45) is 5.25. The minimum Gasteiger partial charge on any atom is -0.398 e. The van der Waals surface area contributed by atoms with Crippen molar-refractivity contribution in [2.75, 3.05) is 24.6 Å². The molecule has 1 aliphatic heterocycles. The zero-order valence-corrected chi connectivity index (χ0v) is 20.2. The van der Waals surface area contributed by atoms with Crippen LogP contribution >= 0.6 is 15.9 Å². The van der Waals surface area contributed by atoms with E-state index in [1.54, 1.807) is 28.6 Å². The number of carbonyl (C=O) groups is 1. The number of carbonyl (C=O) groups excluding carboxylic acids is 1. The van der Waals surface area contributed by atoms with Crippen LogP contribution in [0.25, 0.3) is 17.3 Å². The molecule has 174 valence electrons. The zero-order valence-electron chi connectivity index (χ0n) is 18.6. The van der Waals surface area contributed by atoms with Gasteiger partial charge in [0, 0.05) is 49.4 Å². The number of hydrogen-bond acceptors (Lipinski definition) is 6. The van der Waals surface area contributed by atoms with Crippen LogP contribution in [0.3, 0.4) is 0 Å². The summed E-state index contributed by atoms with van der Waals surface area (Å²) in [7, 11) is 0. The molecule has 0 unspecified atom stereocenters. The Labute approximate surface area is 200 Å². The molecule has 8 nitrogen and oxygen atoms in total. The first kappa shape index (κ1) is 23.2. The van der Waals surface area contributed by atoms with E-state index < -0.39 is 0 Å². The van der Waals surface area contributed by atoms with Crippen molar-refractivity contribution in [3.8, 4) is 0 Å². The summed E-state index contributed by atoms with van der Waals surface area (Å²) in [6, 6.07) is 4.55. The SMILES string of the molecule is CCC/C(=C\c1cc(F)ccc1N)c1cnn2c(N)c(Br)c(CNC3CN(C(C)=O)C3)nc12. The van der Waals surface area contributed by atoms with E-state index in [1.807, 2.05) is 6.08 Å². The van der Waals surface area contributed by atoms with Crippen LogP contribution in [-0.2, 0) is 11.3 Å². The summed E-state index contributed by atoms with van der Waals surface area (Å²) in [5.74, 6) is 0.185. The summed E-state index contributed by atoms with van der Waals surface area (Å²) in [4.78, 5) is 18.0. The molecule has 1 aromatic carbocycles. The van der Waals surface area contributed by atoms with Crippen molar-refractivity contribution < 1.29 is 9.18 Å². The van der Waals surface area contributed by atoms with Crippen LogP contribution in [0.5, 0.6) is 0 Å². The second kappa shape index (κ2) is 9.48. The van der Waals surface area contributed by atoms with E-state index in [-0.39, 0.29) is 17.8 Å². The van der Waals surface area contributed by atoms with Crippen LogP contribution in [0.15, 0.2) is 28.9 Å². The quantitative estimate of drug-likeness (QED) is 0.415. The summed E-state index contributed by atoms with van der Waals surface area (Å²) in [6.45, 7) is 5.50. The monoisotopic (exact) mass is 515 g/mol. The number of allylic oxidation sites excluding steroid dienone is 1. The number of amides is 1. The lowest BCUT2D eigenvalue weighted by atomic mass is 10.00. The van der Waals surface area contributed by atoms with Crippen LogP contribution in [0, 0.1) is 5.82 Å². The average molecular weight is 516 g/mol. The van der Waals surface area contributed by atoms with Gasteiger partial charge < -0.3 is 21.7 Å². The Kier molecular flexibility index (Phi) is 6.66. The molecule has 2 aromatic heterocycles. The van der Waals surface area contributed by atoms with E-state index in [4.69, 9.17) is 16.5 Å². The van der Waals surface area contributed by atoms with Gasteiger partial charge in [0.1, 0.15) is 11.6 Å². The molecule has 10 heteroatoms. The fourth-order valence-electron chi connectivity index (χ4n) is 3.91. The van der Waals surface area contributed by atoms with Crippen molar-refractivity contribution in [2.24, 2.45) is 0 Å².